The van der Waals surface area contributed by atoms with Gasteiger partial charge in [-0.15, -0.1) is 0 Å². The molecule has 2 N–H and O–H groups in total. The number of hydrogen-bond acceptors (Lipinski definition) is 6. The Morgan fingerprint density at radius 2 is 1.77 bits per heavy atom. The fourth-order valence-corrected chi connectivity index (χ4v) is 5.30. The summed E-state index contributed by atoms with van der Waals surface area (Å²) in [6.45, 7) is 5.30. The van der Waals surface area contributed by atoms with Crippen molar-refractivity contribution in [2.75, 3.05) is 16.2 Å². The molecule has 39 heavy (non-hydrogen) atoms. The molecule has 2 aromatic rings. The fraction of sp³-hybridized carbons (Fsp3) is 0.440. The highest BCUT2D eigenvalue weighted by Crippen LogP contribution is 2.41. The predicted octanol–water partition coefficient (Wildman–Crippen LogP) is 5.48. The molecule has 0 radical (unpaired) electrons. The highest BCUT2D eigenvalue weighted by molar-refractivity contribution is 7.92. The molecule has 214 valence electrons. The maximum Gasteiger partial charge on any atom is 0.427 e. The molecule has 1 atom stereocenters. The Balaban J connectivity index is 2.02. The fourth-order valence-electron chi connectivity index (χ4n) is 3.72. The number of benzene rings is 2. The number of carboxylic acid groups (broad SMARTS) is 1. The number of amides is 1. The van der Waals surface area contributed by atoms with Crippen molar-refractivity contribution in [1.29, 1.82) is 0 Å². The quantitative estimate of drug-likeness (QED) is 0.419. The van der Waals surface area contributed by atoms with Gasteiger partial charge < -0.3 is 14.6 Å². The van der Waals surface area contributed by atoms with Crippen molar-refractivity contribution in [1.82, 2.24) is 0 Å². The van der Waals surface area contributed by atoms with Gasteiger partial charge in [0.15, 0.2) is 0 Å². The number of carbonyl (C=O) groups is 2. The van der Waals surface area contributed by atoms with E-state index in [2.05, 4.69) is 10.1 Å². The first kappa shape index (κ1) is 30.0. The molecular formula is C25H28F4N2O7S. The maximum absolute atomic E-state index is 13.9. The molecule has 1 amide bonds. The molecule has 14 heteroatoms. The van der Waals surface area contributed by atoms with Crippen LogP contribution >= 0.6 is 0 Å². The molecule has 1 heterocycles. The zero-order chi connectivity index (χ0) is 29.6. The van der Waals surface area contributed by atoms with Gasteiger partial charge in [0.1, 0.15) is 17.7 Å². The second-order valence-electron chi connectivity index (χ2n) is 10.3. The topological polar surface area (TPSA) is 122 Å². The first-order valence-corrected chi connectivity index (χ1v) is 13.1. The van der Waals surface area contributed by atoms with Crippen LogP contribution in [0.1, 0.15) is 39.7 Å². The number of nitrogens with zero attached hydrogens (tertiary/aromatic N) is 1. The van der Waals surface area contributed by atoms with Crippen molar-refractivity contribution in [2.24, 2.45) is 5.41 Å². The number of halogens is 4. The Hall–Kier alpha value is -3.55. The number of anilines is 2. The van der Waals surface area contributed by atoms with E-state index < -0.39 is 51.2 Å². The van der Waals surface area contributed by atoms with E-state index >= 15 is 0 Å². The number of ether oxygens (including phenoxy) is 2. The summed E-state index contributed by atoms with van der Waals surface area (Å²) in [6, 6.07) is 6.92. The van der Waals surface area contributed by atoms with Gasteiger partial charge in [-0.05, 0) is 76.6 Å². The predicted molar refractivity (Wildman–Crippen MR) is 133 cm³/mol. The summed E-state index contributed by atoms with van der Waals surface area (Å²) >= 11 is 0. The Kier molecular flexibility index (Phi) is 7.85. The first-order chi connectivity index (χ1) is 17.7. The van der Waals surface area contributed by atoms with Gasteiger partial charge in [-0.25, -0.2) is 17.6 Å². The summed E-state index contributed by atoms with van der Waals surface area (Å²) in [5.74, 6) is -1.73. The number of rotatable bonds is 7. The van der Waals surface area contributed by atoms with Crippen LogP contribution in [-0.4, -0.2) is 50.0 Å². The molecule has 3 rings (SSSR count). The SMILES string of the molecule is Cc1cc(S(=O)(=O)N2C[C@H](CC(C)(C)C(=O)O)Oc3ccc(NC(=O)OC(C)(C)C(F)(F)F)cc32)ccc1F. The lowest BCUT2D eigenvalue weighted by atomic mass is 9.86. The van der Waals surface area contributed by atoms with Gasteiger partial charge >= 0.3 is 18.2 Å². The number of sulfonamides is 1. The molecule has 0 aliphatic carbocycles. The third kappa shape index (κ3) is 6.37. The van der Waals surface area contributed by atoms with E-state index in [4.69, 9.17) is 4.74 Å². The van der Waals surface area contributed by atoms with Crippen LogP contribution in [0, 0.1) is 18.2 Å². The van der Waals surface area contributed by atoms with Crippen LogP contribution in [0.15, 0.2) is 41.3 Å². The minimum atomic E-state index is -4.84. The van der Waals surface area contributed by atoms with Crippen molar-refractivity contribution >= 4 is 33.5 Å². The van der Waals surface area contributed by atoms with Gasteiger partial charge in [-0.1, -0.05) is 0 Å². The summed E-state index contributed by atoms with van der Waals surface area (Å²) in [7, 11) is -4.37. The van der Waals surface area contributed by atoms with Crippen LogP contribution in [-0.2, 0) is 19.6 Å². The molecule has 0 aromatic heterocycles. The Morgan fingerprint density at radius 1 is 1.13 bits per heavy atom. The smallest absolute Gasteiger partial charge is 0.427 e. The summed E-state index contributed by atoms with van der Waals surface area (Å²) in [6.07, 6.45) is -7.25. The Labute approximate surface area is 222 Å². The molecule has 0 spiro atoms. The zero-order valence-electron chi connectivity index (χ0n) is 21.7. The average Bonchev–Trinajstić information content (AvgIpc) is 2.78. The Bertz CT molecular complexity index is 1390. The van der Waals surface area contributed by atoms with Gasteiger partial charge in [0.25, 0.3) is 10.0 Å². The lowest BCUT2D eigenvalue weighted by molar-refractivity contribution is -0.242. The van der Waals surface area contributed by atoms with Crippen LogP contribution in [0.2, 0.25) is 0 Å². The van der Waals surface area contributed by atoms with Gasteiger partial charge in [-0.2, -0.15) is 13.2 Å². The third-order valence-electron chi connectivity index (χ3n) is 6.20. The number of alkyl halides is 3. The van der Waals surface area contributed by atoms with Crippen molar-refractivity contribution in [3.05, 3.63) is 47.8 Å². The number of aryl methyl sites for hydroxylation is 1. The standard InChI is InChI=1S/C25H28F4N2O7S/c1-14-10-17(7-8-18(14)26)39(35,36)31-13-16(12-23(2,3)21(32)33)37-20-9-6-15(11-19(20)31)30-22(34)38-24(4,5)25(27,28)29/h6-11,16H,12-13H2,1-5H3,(H,30,34)(H,32,33)/t16-/m0/s1. The van der Waals surface area contributed by atoms with E-state index in [-0.39, 0.29) is 40.5 Å². The molecule has 2 aromatic carbocycles. The van der Waals surface area contributed by atoms with Crippen LogP contribution in [0.25, 0.3) is 0 Å². The lowest BCUT2D eigenvalue weighted by Crippen LogP contribution is -2.46. The molecule has 1 aliphatic heterocycles. The van der Waals surface area contributed by atoms with E-state index in [1.165, 1.54) is 39.0 Å². The summed E-state index contributed by atoms with van der Waals surface area (Å²) in [5.41, 5.74) is -4.18. The summed E-state index contributed by atoms with van der Waals surface area (Å²) < 4.78 is 91.8. The Morgan fingerprint density at radius 3 is 2.33 bits per heavy atom. The van der Waals surface area contributed by atoms with Crippen molar-refractivity contribution in [3.63, 3.8) is 0 Å². The van der Waals surface area contributed by atoms with Crippen molar-refractivity contribution < 1.29 is 50.1 Å². The van der Waals surface area contributed by atoms with E-state index in [0.717, 1.165) is 22.5 Å². The molecule has 0 bridgehead atoms. The van der Waals surface area contributed by atoms with Crippen LogP contribution in [0.3, 0.4) is 0 Å². The van der Waals surface area contributed by atoms with E-state index in [9.17, 15) is 40.7 Å². The van der Waals surface area contributed by atoms with Gasteiger partial charge in [0, 0.05) is 12.1 Å². The number of nitrogens with one attached hydrogen (secondary N) is 1. The second-order valence-corrected chi connectivity index (χ2v) is 12.1. The van der Waals surface area contributed by atoms with E-state index in [1.54, 1.807) is 0 Å². The largest absolute Gasteiger partial charge is 0.486 e. The molecular weight excluding hydrogens is 548 g/mol. The molecule has 1 aliphatic rings. The molecule has 0 saturated carbocycles. The van der Waals surface area contributed by atoms with Crippen LogP contribution < -0.4 is 14.4 Å². The number of fused-ring (bicyclic) bond motifs is 1. The molecule has 9 nitrogen and oxygen atoms in total. The lowest BCUT2D eigenvalue weighted by Gasteiger charge is -2.37. The highest BCUT2D eigenvalue weighted by atomic mass is 32.2. The number of aliphatic carboxylic acids is 1. The minimum absolute atomic E-state index is 0.0180. The minimum Gasteiger partial charge on any atom is -0.486 e. The number of hydrogen-bond donors (Lipinski definition) is 2. The second kappa shape index (κ2) is 10.2. The molecule has 0 saturated heterocycles. The average molecular weight is 577 g/mol. The molecule has 0 fully saturated rings. The van der Waals surface area contributed by atoms with Gasteiger partial charge in [0.05, 0.1) is 22.5 Å². The third-order valence-corrected chi connectivity index (χ3v) is 7.98. The normalized spacial score (nSPS) is 16.2. The number of carboxylic acids is 1. The van der Waals surface area contributed by atoms with Gasteiger partial charge in [-0.3, -0.25) is 14.4 Å². The van der Waals surface area contributed by atoms with Crippen molar-refractivity contribution in [2.45, 2.75) is 63.8 Å². The van der Waals surface area contributed by atoms with E-state index in [0.29, 0.717) is 13.8 Å². The van der Waals surface area contributed by atoms with Crippen molar-refractivity contribution in [3.8, 4) is 5.75 Å². The van der Waals surface area contributed by atoms with Crippen LogP contribution in [0.4, 0.5) is 33.7 Å². The monoisotopic (exact) mass is 576 g/mol. The zero-order valence-corrected chi connectivity index (χ0v) is 22.5. The summed E-state index contributed by atoms with van der Waals surface area (Å²) in [5, 5.41) is 11.7. The summed E-state index contributed by atoms with van der Waals surface area (Å²) in [4.78, 5) is 23.6. The van der Waals surface area contributed by atoms with E-state index in [1.807, 2.05) is 0 Å². The van der Waals surface area contributed by atoms with Crippen LogP contribution in [0.5, 0.6) is 5.75 Å². The van der Waals surface area contributed by atoms with Gasteiger partial charge in [0.2, 0.25) is 5.60 Å². The maximum atomic E-state index is 13.9. The molecule has 0 unspecified atom stereocenters. The number of carbonyl (C=O) groups excluding carboxylic acids is 1. The highest BCUT2D eigenvalue weighted by Gasteiger charge is 2.51. The first-order valence-electron chi connectivity index (χ1n) is 11.6.